The standard InChI is InChI=1S/C14H24ClN3/c1-10-7-5-6-8-13(10)17(3)14-12(9-15)11(2)16-18(14)4/h10,13H,5-9H2,1-4H3. The molecule has 4 heteroatoms. The van der Waals surface area contributed by atoms with Crippen LogP contribution in [-0.4, -0.2) is 22.9 Å². The molecule has 1 aromatic heterocycles. The average molecular weight is 270 g/mol. The van der Waals surface area contributed by atoms with Crippen LogP contribution in [0, 0.1) is 12.8 Å². The number of nitrogens with zero attached hydrogens (tertiary/aromatic N) is 3. The van der Waals surface area contributed by atoms with Gasteiger partial charge in [0.1, 0.15) is 5.82 Å². The third-order valence-corrected chi connectivity index (χ3v) is 4.61. The zero-order chi connectivity index (χ0) is 13.3. The van der Waals surface area contributed by atoms with Crippen molar-refractivity contribution in [1.29, 1.82) is 0 Å². The van der Waals surface area contributed by atoms with Crippen molar-refractivity contribution in [3.8, 4) is 0 Å². The molecule has 0 bridgehead atoms. The van der Waals surface area contributed by atoms with Crippen LogP contribution in [0.4, 0.5) is 5.82 Å². The van der Waals surface area contributed by atoms with E-state index in [1.807, 2.05) is 18.7 Å². The van der Waals surface area contributed by atoms with Gasteiger partial charge < -0.3 is 4.90 Å². The van der Waals surface area contributed by atoms with E-state index in [9.17, 15) is 0 Å². The predicted molar refractivity (Wildman–Crippen MR) is 77.3 cm³/mol. The molecule has 2 unspecified atom stereocenters. The summed E-state index contributed by atoms with van der Waals surface area (Å²) in [5.41, 5.74) is 2.23. The van der Waals surface area contributed by atoms with Crippen LogP contribution < -0.4 is 4.90 Å². The number of hydrogen-bond donors (Lipinski definition) is 0. The fraction of sp³-hybridized carbons (Fsp3) is 0.786. The number of alkyl halides is 1. The van der Waals surface area contributed by atoms with Gasteiger partial charge >= 0.3 is 0 Å². The van der Waals surface area contributed by atoms with Crippen molar-refractivity contribution >= 4 is 17.4 Å². The first-order valence-corrected chi connectivity index (χ1v) is 7.41. The van der Waals surface area contributed by atoms with Gasteiger partial charge in [0.05, 0.1) is 11.6 Å². The summed E-state index contributed by atoms with van der Waals surface area (Å²) >= 11 is 6.09. The minimum absolute atomic E-state index is 0.542. The van der Waals surface area contributed by atoms with Crippen molar-refractivity contribution in [3.05, 3.63) is 11.3 Å². The molecule has 1 aliphatic rings. The first-order chi connectivity index (χ1) is 8.56. The average Bonchev–Trinajstić information content (AvgIpc) is 2.63. The number of halogens is 1. The highest BCUT2D eigenvalue weighted by Gasteiger charge is 2.28. The van der Waals surface area contributed by atoms with Crippen molar-refractivity contribution in [2.24, 2.45) is 13.0 Å². The van der Waals surface area contributed by atoms with Gasteiger partial charge in [-0.1, -0.05) is 19.8 Å². The molecule has 2 atom stereocenters. The van der Waals surface area contributed by atoms with Gasteiger partial charge in [-0.25, -0.2) is 0 Å². The summed E-state index contributed by atoms with van der Waals surface area (Å²) in [7, 11) is 4.21. The molecule has 0 aromatic carbocycles. The lowest BCUT2D eigenvalue weighted by Gasteiger charge is -2.37. The summed E-state index contributed by atoms with van der Waals surface area (Å²) in [4.78, 5) is 2.40. The van der Waals surface area contributed by atoms with E-state index < -0.39 is 0 Å². The summed E-state index contributed by atoms with van der Waals surface area (Å²) in [5, 5.41) is 4.51. The Kier molecular flexibility index (Phi) is 4.21. The van der Waals surface area contributed by atoms with Gasteiger partial charge in [0.2, 0.25) is 0 Å². The largest absolute Gasteiger partial charge is 0.356 e. The van der Waals surface area contributed by atoms with Crippen LogP contribution >= 0.6 is 11.6 Å². The zero-order valence-electron chi connectivity index (χ0n) is 11.9. The number of rotatable bonds is 3. The molecule has 1 aromatic rings. The van der Waals surface area contributed by atoms with E-state index in [2.05, 4.69) is 24.0 Å². The maximum Gasteiger partial charge on any atom is 0.131 e. The number of anilines is 1. The molecule has 1 aliphatic carbocycles. The summed E-state index contributed by atoms with van der Waals surface area (Å²) in [5.74, 6) is 2.49. The molecule has 0 radical (unpaired) electrons. The summed E-state index contributed by atoms with van der Waals surface area (Å²) in [6, 6.07) is 0.621. The molecule has 0 saturated heterocycles. The van der Waals surface area contributed by atoms with E-state index in [1.165, 1.54) is 37.1 Å². The fourth-order valence-electron chi connectivity index (χ4n) is 3.32. The molecule has 0 amide bonds. The van der Waals surface area contributed by atoms with Crippen molar-refractivity contribution in [3.63, 3.8) is 0 Å². The third kappa shape index (κ3) is 2.37. The highest BCUT2D eigenvalue weighted by atomic mass is 35.5. The maximum absolute atomic E-state index is 6.09. The third-order valence-electron chi connectivity index (χ3n) is 4.34. The lowest BCUT2D eigenvalue weighted by Crippen LogP contribution is -2.40. The Hall–Kier alpha value is -0.700. The molecule has 0 aliphatic heterocycles. The Morgan fingerprint density at radius 3 is 2.67 bits per heavy atom. The van der Waals surface area contributed by atoms with Crippen LogP contribution in [0.25, 0.3) is 0 Å². The fourth-order valence-corrected chi connectivity index (χ4v) is 3.63. The normalized spacial score (nSPS) is 24.3. The van der Waals surface area contributed by atoms with E-state index in [1.54, 1.807) is 0 Å². The smallest absolute Gasteiger partial charge is 0.131 e. The van der Waals surface area contributed by atoms with Crippen molar-refractivity contribution < 1.29 is 0 Å². The van der Waals surface area contributed by atoms with Crippen LogP contribution in [0.1, 0.15) is 43.9 Å². The summed E-state index contributed by atoms with van der Waals surface area (Å²) in [6.45, 7) is 4.41. The lowest BCUT2D eigenvalue weighted by molar-refractivity contribution is 0.319. The molecule has 102 valence electrons. The topological polar surface area (TPSA) is 21.1 Å². The SMILES string of the molecule is Cc1nn(C)c(N(C)C2CCCCC2C)c1CCl. The molecule has 18 heavy (non-hydrogen) atoms. The molecule has 3 nitrogen and oxygen atoms in total. The highest BCUT2D eigenvalue weighted by molar-refractivity contribution is 6.17. The second kappa shape index (κ2) is 5.52. The summed E-state index contributed by atoms with van der Waals surface area (Å²) in [6.07, 6.45) is 5.33. The second-order valence-corrected chi connectivity index (χ2v) is 5.85. The summed E-state index contributed by atoms with van der Waals surface area (Å²) < 4.78 is 1.98. The van der Waals surface area contributed by atoms with E-state index in [0.29, 0.717) is 11.9 Å². The first-order valence-electron chi connectivity index (χ1n) is 6.87. The molecule has 0 spiro atoms. The van der Waals surface area contributed by atoms with Gasteiger partial charge in [-0.15, -0.1) is 11.6 Å². The Balaban J connectivity index is 2.29. The number of hydrogen-bond acceptors (Lipinski definition) is 2. The number of aryl methyl sites for hydroxylation is 2. The van der Waals surface area contributed by atoms with Crippen LogP contribution in [0.3, 0.4) is 0 Å². The predicted octanol–water partition coefficient (Wildman–Crippen LogP) is 3.48. The molecule has 1 fully saturated rings. The van der Waals surface area contributed by atoms with Crippen molar-refractivity contribution in [2.75, 3.05) is 11.9 Å². The van der Waals surface area contributed by atoms with Gasteiger partial charge in [-0.2, -0.15) is 5.10 Å². The molecule has 0 N–H and O–H groups in total. The van der Waals surface area contributed by atoms with Crippen molar-refractivity contribution in [2.45, 2.75) is 51.5 Å². The van der Waals surface area contributed by atoms with E-state index in [-0.39, 0.29) is 0 Å². The van der Waals surface area contributed by atoms with Crippen LogP contribution in [0.5, 0.6) is 0 Å². The van der Waals surface area contributed by atoms with Gasteiger partial charge in [-0.3, -0.25) is 4.68 Å². The van der Waals surface area contributed by atoms with Gasteiger partial charge in [0, 0.05) is 25.7 Å². The maximum atomic E-state index is 6.09. The highest BCUT2D eigenvalue weighted by Crippen LogP contribution is 2.33. The van der Waals surface area contributed by atoms with E-state index in [0.717, 1.165) is 11.6 Å². The molecule has 1 heterocycles. The minimum Gasteiger partial charge on any atom is -0.356 e. The Bertz CT molecular complexity index is 413. The van der Waals surface area contributed by atoms with Gasteiger partial charge in [0.15, 0.2) is 0 Å². The van der Waals surface area contributed by atoms with Gasteiger partial charge in [0.25, 0.3) is 0 Å². The lowest BCUT2D eigenvalue weighted by atomic mass is 9.85. The van der Waals surface area contributed by atoms with Crippen LogP contribution in [0.15, 0.2) is 0 Å². The Labute approximate surface area is 115 Å². The minimum atomic E-state index is 0.542. The zero-order valence-corrected chi connectivity index (χ0v) is 12.7. The molecule has 1 saturated carbocycles. The van der Waals surface area contributed by atoms with E-state index >= 15 is 0 Å². The Morgan fingerprint density at radius 1 is 1.39 bits per heavy atom. The van der Waals surface area contributed by atoms with Crippen LogP contribution in [-0.2, 0) is 12.9 Å². The molecular weight excluding hydrogens is 246 g/mol. The monoisotopic (exact) mass is 269 g/mol. The second-order valence-electron chi connectivity index (χ2n) is 5.58. The van der Waals surface area contributed by atoms with Crippen molar-refractivity contribution in [1.82, 2.24) is 9.78 Å². The molecular formula is C14H24ClN3. The first kappa shape index (κ1) is 13.7. The van der Waals surface area contributed by atoms with Crippen LogP contribution in [0.2, 0.25) is 0 Å². The Morgan fingerprint density at radius 2 is 2.06 bits per heavy atom. The van der Waals surface area contributed by atoms with E-state index in [4.69, 9.17) is 11.6 Å². The quantitative estimate of drug-likeness (QED) is 0.784. The number of aromatic nitrogens is 2. The molecule has 2 rings (SSSR count). The van der Waals surface area contributed by atoms with Gasteiger partial charge in [-0.05, 0) is 25.7 Å².